The molecule has 23 heavy (non-hydrogen) atoms. The molecule has 1 fully saturated rings. The van der Waals surface area contributed by atoms with Crippen LogP contribution in [0.2, 0.25) is 0 Å². The summed E-state index contributed by atoms with van der Waals surface area (Å²) in [6.07, 6.45) is 5.37. The summed E-state index contributed by atoms with van der Waals surface area (Å²) >= 11 is 0. The van der Waals surface area contributed by atoms with Gasteiger partial charge in [-0.05, 0) is 31.6 Å². The van der Waals surface area contributed by atoms with E-state index in [1.54, 1.807) is 6.92 Å². The summed E-state index contributed by atoms with van der Waals surface area (Å²) in [6.45, 7) is 10.5. The van der Waals surface area contributed by atoms with Crippen LogP contribution in [-0.4, -0.2) is 60.9 Å². The molecule has 5 heteroatoms. The minimum atomic E-state index is 0.101. The highest BCUT2D eigenvalue weighted by Gasteiger charge is 2.23. The van der Waals surface area contributed by atoms with Crippen LogP contribution in [0.4, 0.5) is 0 Å². The molecule has 1 N–H and O–H groups in total. The molecule has 1 saturated heterocycles. The smallest absolute Gasteiger partial charge is 0.223 e. The van der Waals surface area contributed by atoms with E-state index in [1.807, 2.05) is 9.80 Å². The van der Waals surface area contributed by atoms with Crippen LogP contribution >= 0.6 is 0 Å². The van der Waals surface area contributed by atoms with Crippen molar-refractivity contribution in [2.24, 2.45) is 11.8 Å². The third-order valence-corrected chi connectivity index (χ3v) is 5.32. The van der Waals surface area contributed by atoms with Gasteiger partial charge in [-0.15, -0.1) is 0 Å². The first-order valence-electron chi connectivity index (χ1n) is 8.89. The molecule has 0 spiro atoms. The average molecular weight is 321 g/mol. The van der Waals surface area contributed by atoms with E-state index in [9.17, 15) is 9.59 Å². The topological polar surface area (TPSA) is 52.7 Å². The van der Waals surface area contributed by atoms with E-state index in [-0.39, 0.29) is 11.8 Å². The summed E-state index contributed by atoms with van der Waals surface area (Å²) in [6, 6.07) is 0. The van der Waals surface area contributed by atoms with Crippen molar-refractivity contribution in [3.8, 4) is 0 Å². The fraction of sp³-hybridized carbons (Fsp3) is 0.778. The van der Waals surface area contributed by atoms with Crippen molar-refractivity contribution in [2.75, 3.05) is 39.3 Å². The second kappa shape index (κ2) is 8.48. The Morgan fingerprint density at radius 2 is 1.87 bits per heavy atom. The third-order valence-electron chi connectivity index (χ3n) is 5.32. The van der Waals surface area contributed by atoms with E-state index >= 15 is 0 Å². The summed E-state index contributed by atoms with van der Waals surface area (Å²) < 4.78 is 0. The number of amides is 2. The van der Waals surface area contributed by atoms with Crippen molar-refractivity contribution in [3.63, 3.8) is 0 Å². The zero-order chi connectivity index (χ0) is 16.8. The van der Waals surface area contributed by atoms with Crippen LogP contribution in [0.15, 0.2) is 11.6 Å². The van der Waals surface area contributed by atoms with Crippen molar-refractivity contribution in [1.82, 2.24) is 15.1 Å². The molecule has 0 bridgehead atoms. The van der Waals surface area contributed by atoms with Crippen LogP contribution in [0.1, 0.15) is 40.0 Å². The number of carbonyl (C=O) groups is 2. The number of piperazine rings is 1. The lowest BCUT2D eigenvalue weighted by Crippen LogP contribution is -2.50. The molecule has 2 aliphatic rings. The molecule has 1 aliphatic heterocycles. The zero-order valence-corrected chi connectivity index (χ0v) is 14.8. The van der Waals surface area contributed by atoms with Crippen molar-refractivity contribution in [2.45, 2.75) is 40.0 Å². The van der Waals surface area contributed by atoms with Gasteiger partial charge in [0.1, 0.15) is 0 Å². The monoisotopic (exact) mass is 321 g/mol. The van der Waals surface area contributed by atoms with Gasteiger partial charge in [0.2, 0.25) is 11.8 Å². The molecule has 0 radical (unpaired) electrons. The van der Waals surface area contributed by atoms with Crippen LogP contribution in [0.25, 0.3) is 0 Å². The molecule has 5 nitrogen and oxygen atoms in total. The first-order valence-corrected chi connectivity index (χ1v) is 8.89. The minimum absolute atomic E-state index is 0.101. The van der Waals surface area contributed by atoms with Gasteiger partial charge in [0.25, 0.3) is 0 Å². The number of carbonyl (C=O) groups excluding carboxylic acids is 2. The number of hydrogen-bond acceptors (Lipinski definition) is 3. The Balaban J connectivity index is 1.65. The highest BCUT2D eigenvalue weighted by atomic mass is 16.2. The van der Waals surface area contributed by atoms with E-state index in [1.165, 1.54) is 18.4 Å². The van der Waals surface area contributed by atoms with Crippen LogP contribution in [0, 0.1) is 11.8 Å². The Hall–Kier alpha value is -1.36. The van der Waals surface area contributed by atoms with E-state index in [0.717, 1.165) is 19.0 Å². The molecule has 0 aromatic heterocycles. The van der Waals surface area contributed by atoms with E-state index in [4.69, 9.17) is 0 Å². The standard InChI is InChI=1S/C18H31N3O2/c1-14-5-4-6-15(2)17(14)13-19-8-7-18(23)21-11-9-20(10-12-21)16(3)22/h5,15,17,19H,4,6-13H2,1-3H3/t15-,17-/m1/s1. The van der Waals surface area contributed by atoms with Crippen LogP contribution in [-0.2, 0) is 9.59 Å². The predicted molar refractivity (Wildman–Crippen MR) is 92.0 cm³/mol. The number of hydrogen-bond donors (Lipinski definition) is 1. The van der Waals surface area contributed by atoms with Crippen LogP contribution in [0.3, 0.4) is 0 Å². The molecule has 1 heterocycles. The lowest BCUT2D eigenvalue weighted by molar-refractivity contribution is -0.138. The third kappa shape index (κ3) is 5.06. The highest BCUT2D eigenvalue weighted by molar-refractivity contribution is 5.77. The Bertz CT molecular complexity index is 453. The molecule has 130 valence electrons. The second-order valence-corrected chi connectivity index (χ2v) is 6.95. The summed E-state index contributed by atoms with van der Waals surface area (Å²) in [7, 11) is 0. The van der Waals surface area contributed by atoms with Gasteiger partial charge in [-0.1, -0.05) is 18.6 Å². The molecule has 1 aliphatic carbocycles. The average Bonchev–Trinajstić information content (AvgIpc) is 2.53. The first kappa shape index (κ1) is 18.0. The van der Waals surface area contributed by atoms with Crippen molar-refractivity contribution < 1.29 is 9.59 Å². The van der Waals surface area contributed by atoms with Crippen LogP contribution in [0.5, 0.6) is 0 Å². The maximum atomic E-state index is 12.2. The number of nitrogens with one attached hydrogen (secondary N) is 1. The lowest BCUT2D eigenvalue weighted by Gasteiger charge is -2.34. The summed E-state index contributed by atoms with van der Waals surface area (Å²) in [4.78, 5) is 27.2. The van der Waals surface area contributed by atoms with Gasteiger partial charge in [0, 0.05) is 52.6 Å². The predicted octanol–water partition coefficient (Wildman–Crippen LogP) is 1.65. The van der Waals surface area contributed by atoms with Crippen LogP contribution < -0.4 is 5.32 Å². The second-order valence-electron chi connectivity index (χ2n) is 6.95. The Morgan fingerprint density at radius 1 is 1.22 bits per heavy atom. The normalized spacial score (nSPS) is 25.3. The lowest BCUT2D eigenvalue weighted by atomic mass is 9.80. The number of allylic oxidation sites excluding steroid dienone is 1. The van der Waals surface area contributed by atoms with Gasteiger partial charge >= 0.3 is 0 Å². The quantitative estimate of drug-likeness (QED) is 0.619. The fourth-order valence-corrected chi connectivity index (χ4v) is 3.62. The fourth-order valence-electron chi connectivity index (χ4n) is 3.62. The largest absolute Gasteiger partial charge is 0.339 e. The molecule has 2 atom stereocenters. The number of rotatable bonds is 5. The Kier molecular flexibility index (Phi) is 6.63. The molecule has 2 amide bonds. The molecule has 0 unspecified atom stereocenters. The summed E-state index contributed by atoms with van der Waals surface area (Å²) in [5, 5.41) is 3.46. The van der Waals surface area contributed by atoms with E-state index < -0.39 is 0 Å². The van der Waals surface area contributed by atoms with Crippen molar-refractivity contribution in [3.05, 3.63) is 11.6 Å². The molecular weight excluding hydrogens is 290 g/mol. The van der Waals surface area contributed by atoms with Gasteiger partial charge < -0.3 is 15.1 Å². The first-order chi connectivity index (χ1) is 11.0. The minimum Gasteiger partial charge on any atom is -0.339 e. The molecule has 0 aromatic rings. The van der Waals surface area contributed by atoms with Gasteiger partial charge in [-0.25, -0.2) is 0 Å². The Labute approximate surface area is 140 Å². The number of nitrogens with zero attached hydrogens (tertiary/aromatic N) is 2. The molecular formula is C18H31N3O2. The van der Waals surface area contributed by atoms with Gasteiger partial charge in [0.15, 0.2) is 0 Å². The summed E-state index contributed by atoms with van der Waals surface area (Å²) in [5.41, 5.74) is 1.49. The van der Waals surface area contributed by atoms with E-state index in [0.29, 0.717) is 38.5 Å². The highest BCUT2D eigenvalue weighted by Crippen LogP contribution is 2.29. The van der Waals surface area contributed by atoms with Gasteiger partial charge in [-0.3, -0.25) is 9.59 Å². The van der Waals surface area contributed by atoms with E-state index in [2.05, 4.69) is 25.2 Å². The molecule has 0 saturated carbocycles. The molecule has 0 aromatic carbocycles. The zero-order valence-electron chi connectivity index (χ0n) is 14.8. The maximum absolute atomic E-state index is 12.2. The Morgan fingerprint density at radius 3 is 2.48 bits per heavy atom. The van der Waals surface area contributed by atoms with Crippen molar-refractivity contribution in [1.29, 1.82) is 0 Å². The maximum Gasteiger partial charge on any atom is 0.223 e. The van der Waals surface area contributed by atoms with Gasteiger partial charge in [0.05, 0.1) is 0 Å². The van der Waals surface area contributed by atoms with Gasteiger partial charge in [-0.2, -0.15) is 0 Å². The SMILES string of the molecule is CC(=O)N1CCN(C(=O)CCNC[C@@H]2C(C)=CCC[C@H]2C)CC1. The van der Waals surface area contributed by atoms with Crippen molar-refractivity contribution >= 4 is 11.8 Å². The molecule has 2 rings (SSSR count). The summed E-state index contributed by atoms with van der Waals surface area (Å²) in [5.74, 6) is 1.63.